The molecule has 0 saturated carbocycles. The van der Waals surface area contributed by atoms with Crippen molar-refractivity contribution in [2.75, 3.05) is 11.9 Å². The molecule has 0 bridgehead atoms. The van der Waals surface area contributed by atoms with E-state index >= 15 is 0 Å². The first-order valence-electron chi connectivity index (χ1n) is 7.29. The van der Waals surface area contributed by atoms with E-state index in [4.69, 9.17) is 4.74 Å². The molecule has 0 aliphatic carbocycles. The Morgan fingerprint density at radius 2 is 1.92 bits per heavy atom. The van der Waals surface area contributed by atoms with Crippen molar-refractivity contribution in [2.45, 2.75) is 13.8 Å². The highest BCUT2D eigenvalue weighted by Crippen LogP contribution is 2.18. The molecule has 0 fully saturated rings. The second-order valence-electron chi connectivity index (χ2n) is 4.98. The minimum atomic E-state index is -0.691. The van der Waals surface area contributed by atoms with Gasteiger partial charge in [0.15, 0.2) is 11.4 Å². The average Bonchev–Trinajstić information content (AvgIpc) is 2.54. The summed E-state index contributed by atoms with van der Waals surface area (Å²) in [7, 11) is 0. The summed E-state index contributed by atoms with van der Waals surface area (Å²) in [6, 6.07) is 8.44. The zero-order valence-corrected chi connectivity index (χ0v) is 13.5. The highest BCUT2D eigenvalue weighted by Gasteiger charge is 2.18. The zero-order chi connectivity index (χ0) is 17.5. The van der Waals surface area contributed by atoms with Crippen LogP contribution >= 0.6 is 0 Å². The highest BCUT2D eigenvalue weighted by molar-refractivity contribution is 6.04. The summed E-state index contributed by atoms with van der Waals surface area (Å²) in [5.41, 5.74) is 1.40. The number of nitrogens with one attached hydrogen (secondary N) is 2. The van der Waals surface area contributed by atoms with Crippen molar-refractivity contribution in [1.29, 1.82) is 0 Å². The molecule has 7 heteroatoms. The number of pyridine rings is 2. The van der Waals surface area contributed by atoms with E-state index in [1.165, 1.54) is 12.1 Å². The minimum absolute atomic E-state index is 0.00654. The van der Waals surface area contributed by atoms with Crippen LogP contribution in [0.25, 0.3) is 0 Å². The van der Waals surface area contributed by atoms with Gasteiger partial charge in [0.2, 0.25) is 0 Å². The van der Waals surface area contributed by atoms with Gasteiger partial charge in [-0.05, 0) is 38.1 Å². The Balaban J connectivity index is 2.21. The summed E-state index contributed by atoms with van der Waals surface area (Å²) < 4.78 is 5.14. The van der Waals surface area contributed by atoms with Gasteiger partial charge in [-0.2, -0.15) is 0 Å². The number of amides is 2. The number of nitrogens with zero attached hydrogens (tertiary/aromatic N) is 2. The first-order chi connectivity index (χ1) is 11.5. The number of hydrogen-bond donors (Lipinski definition) is 2. The van der Waals surface area contributed by atoms with Gasteiger partial charge >= 0.3 is 6.09 Å². The molecule has 0 radical (unpaired) electrons. The number of rotatable bonds is 5. The number of carbonyl (C=O) groups is 2. The third-order valence-electron chi connectivity index (χ3n) is 2.94. The fraction of sp³-hybridized carbons (Fsp3) is 0.176. The van der Waals surface area contributed by atoms with Gasteiger partial charge < -0.3 is 15.4 Å². The van der Waals surface area contributed by atoms with E-state index in [1.807, 2.05) is 13.0 Å². The molecule has 0 aliphatic rings. The molecule has 2 rings (SSSR count). The van der Waals surface area contributed by atoms with Crippen molar-refractivity contribution in [1.82, 2.24) is 15.3 Å². The van der Waals surface area contributed by atoms with E-state index in [-0.39, 0.29) is 18.0 Å². The predicted octanol–water partition coefficient (Wildman–Crippen LogP) is 2.62. The number of hydrogen-bond acceptors (Lipinski definition) is 5. The fourth-order valence-corrected chi connectivity index (χ4v) is 1.87. The van der Waals surface area contributed by atoms with Crippen LogP contribution in [0.2, 0.25) is 0 Å². The van der Waals surface area contributed by atoms with Crippen molar-refractivity contribution >= 4 is 17.8 Å². The quantitative estimate of drug-likeness (QED) is 0.824. The van der Waals surface area contributed by atoms with E-state index in [0.29, 0.717) is 11.5 Å². The van der Waals surface area contributed by atoms with Gasteiger partial charge in [-0.25, -0.2) is 14.8 Å². The molecular weight excluding hydrogens is 308 g/mol. The Labute approximate surface area is 139 Å². The topological polar surface area (TPSA) is 93.2 Å². The lowest BCUT2D eigenvalue weighted by atomic mass is 10.2. The van der Waals surface area contributed by atoms with Gasteiger partial charge in [-0.3, -0.25) is 4.79 Å². The maximum atomic E-state index is 12.5. The summed E-state index contributed by atoms with van der Waals surface area (Å²) in [5, 5.41) is 5.11. The number of ether oxygens (including phenoxy) is 1. The Morgan fingerprint density at radius 3 is 2.62 bits per heavy atom. The summed E-state index contributed by atoms with van der Waals surface area (Å²) in [4.78, 5) is 32.5. The van der Waals surface area contributed by atoms with E-state index < -0.39 is 12.0 Å². The van der Waals surface area contributed by atoms with Crippen LogP contribution in [0.1, 0.15) is 21.9 Å². The van der Waals surface area contributed by atoms with Crippen LogP contribution in [0.4, 0.5) is 10.6 Å². The minimum Gasteiger partial charge on any atom is -0.408 e. The zero-order valence-electron chi connectivity index (χ0n) is 13.5. The van der Waals surface area contributed by atoms with Crippen LogP contribution in [-0.4, -0.2) is 28.5 Å². The second kappa shape index (κ2) is 7.87. The lowest BCUT2D eigenvalue weighted by molar-refractivity contribution is 0.101. The number of aromatic nitrogens is 2. The van der Waals surface area contributed by atoms with Crippen molar-refractivity contribution in [2.24, 2.45) is 0 Å². The maximum absolute atomic E-state index is 12.5. The number of anilines is 1. The van der Waals surface area contributed by atoms with Gasteiger partial charge in [0.05, 0.1) is 0 Å². The van der Waals surface area contributed by atoms with Crippen LogP contribution in [0, 0.1) is 13.8 Å². The highest BCUT2D eigenvalue weighted by atomic mass is 16.6. The Bertz CT molecular complexity index is 774. The van der Waals surface area contributed by atoms with Gasteiger partial charge in [0.1, 0.15) is 5.82 Å². The molecule has 24 heavy (non-hydrogen) atoms. The van der Waals surface area contributed by atoms with E-state index in [1.54, 1.807) is 25.1 Å². The van der Waals surface area contributed by atoms with E-state index in [9.17, 15) is 9.59 Å². The van der Waals surface area contributed by atoms with Crippen molar-refractivity contribution in [3.05, 3.63) is 60.1 Å². The van der Waals surface area contributed by atoms with Crippen molar-refractivity contribution < 1.29 is 14.3 Å². The molecule has 2 N–H and O–H groups in total. The maximum Gasteiger partial charge on any atom is 0.412 e. The summed E-state index contributed by atoms with van der Waals surface area (Å²) in [6.45, 7) is 7.31. The lowest BCUT2D eigenvalue weighted by Gasteiger charge is -2.10. The Morgan fingerprint density at radius 1 is 1.17 bits per heavy atom. The monoisotopic (exact) mass is 326 g/mol. The standard InChI is InChI=1S/C17H18N4O3/c1-4-10-18-17(23)24-13-9-8-12(3)20-15(13)16(22)21-14-7-5-6-11(2)19-14/h4-9H,1,10H2,2-3H3,(H,18,23)(H,19,21,22). The molecule has 7 nitrogen and oxygen atoms in total. The van der Waals surface area contributed by atoms with Gasteiger partial charge in [-0.15, -0.1) is 6.58 Å². The SMILES string of the molecule is C=CCNC(=O)Oc1ccc(C)nc1C(=O)Nc1cccc(C)n1. The van der Waals surface area contributed by atoms with Crippen LogP contribution < -0.4 is 15.4 Å². The summed E-state index contributed by atoms with van der Waals surface area (Å²) >= 11 is 0. The first kappa shape index (κ1) is 17.1. The molecule has 2 aromatic heterocycles. The summed E-state index contributed by atoms with van der Waals surface area (Å²) in [5.74, 6) is -0.0546. The largest absolute Gasteiger partial charge is 0.412 e. The molecule has 0 unspecified atom stereocenters. The second-order valence-corrected chi connectivity index (χ2v) is 4.98. The van der Waals surface area contributed by atoms with Crippen LogP contribution in [0.3, 0.4) is 0 Å². The van der Waals surface area contributed by atoms with E-state index in [2.05, 4.69) is 27.2 Å². The molecule has 0 aliphatic heterocycles. The number of aryl methyl sites for hydroxylation is 2. The molecule has 0 saturated heterocycles. The molecular formula is C17H18N4O3. The third-order valence-corrected chi connectivity index (χ3v) is 2.94. The van der Waals surface area contributed by atoms with E-state index in [0.717, 1.165) is 5.69 Å². The van der Waals surface area contributed by atoms with Crippen molar-refractivity contribution in [3.8, 4) is 5.75 Å². The first-order valence-corrected chi connectivity index (χ1v) is 7.29. The van der Waals surface area contributed by atoms with Crippen LogP contribution in [0.15, 0.2) is 43.0 Å². The Hall–Kier alpha value is -3.22. The Kier molecular flexibility index (Phi) is 5.62. The molecule has 124 valence electrons. The van der Waals surface area contributed by atoms with Gasteiger partial charge in [0.25, 0.3) is 5.91 Å². The molecule has 2 amide bonds. The van der Waals surface area contributed by atoms with Crippen molar-refractivity contribution in [3.63, 3.8) is 0 Å². The average molecular weight is 326 g/mol. The number of carbonyl (C=O) groups excluding carboxylic acids is 2. The van der Waals surface area contributed by atoms with Gasteiger partial charge in [-0.1, -0.05) is 12.1 Å². The van der Waals surface area contributed by atoms with Crippen LogP contribution in [0.5, 0.6) is 5.75 Å². The normalized spacial score (nSPS) is 9.92. The fourth-order valence-electron chi connectivity index (χ4n) is 1.87. The molecule has 2 heterocycles. The summed E-state index contributed by atoms with van der Waals surface area (Å²) in [6.07, 6.45) is 0.828. The molecule has 2 aromatic rings. The van der Waals surface area contributed by atoms with Crippen LogP contribution in [-0.2, 0) is 0 Å². The lowest BCUT2D eigenvalue weighted by Crippen LogP contribution is -2.28. The third kappa shape index (κ3) is 4.64. The molecule has 0 aromatic carbocycles. The smallest absolute Gasteiger partial charge is 0.408 e. The molecule has 0 spiro atoms. The molecule has 0 atom stereocenters. The van der Waals surface area contributed by atoms with Gasteiger partial charge in [0, 0.05) is 17.9 Å². The predicted molar refractivity (Wildman–Crippen MR) is 90.1 cm³/mol.